The van der Waals surface area contributed by atoms with E-state index in [-0.39, 0.29) is 0 Å². The summed E-state index contributed by atoms with van der Waals surface area (Å²) in [4.78, 5) is 0. The van der Waals surface area contributed by atoms with Crippen molar-refractivity contribution in [1.82, 2.24) is 4.57 Å². The minimum absolute atomic E-state index is 0.358. The van der Waals surface area contributed by atoms with Crippen LogP contribution in [0.3, 0.4) is 0 Å². The van der Waals surface area contributed by atoms with Gasteiger partial charge in [-0.1, -0.05) is 18.2 Å². The van der Waals surface area contributed by atoms with Crippen LogP contribution in [0.2, 0.25) is 0 Å². The van der Waals surface area contributed by atoms with Gasteiger partial charge in [0.05, 0.1) is 6.54 Å². The highest BCUT2D eigenvalue weighted by Gasteiger charge is 1.98. The van der Waals surface area contributed by atoms with E-state index in [2.05, 4.69) is 0 Å². The van der Waals surface area contributed by atoms with Gasteiger partial charge in [-0.15, -0.1) is 0 Å². The van der Waals surface area contributed by atoms with Crippen LogP contribution in [0.5, 0.6) is 5.75 Å². The summed E-state index contributed by atoms with van der Waals surface area (Å²) in [5.41, 5.74) is 0.943. The van der Waals surface area contributed by atoms with Gasteiger partial charge in [0.2, 0.25) is 0 Å². The van der Waals surface area contributed by atoms with Crippen LogP contribution in [0, 0.1) is 0 Å². The largest absolute Gasteiger partial charge is 0.508 e. The van der Waals surface area contributed by atoms with Crippen molar-refractivity contribution in [1.29, 1.82) is 0 Å². The molecule has 13 heavy (non-hydrogen) atoms. The van der Waals surface area contributed by atoms with Crippen LogP contribution in [-0.4, -0.2) is 9.67 Å². The number of rotatable bonds is 2. The molecule has 0 fully saturated rings. The lowest BCUT2D eigenvalue weighted by atomic mass is 10.2. The highest BCUT2D eigenvalue weighted by atomic mass is 16.3. The second-order valence-electron chi connectivity index (χ2n) is 2.98. The van der Waals surface area contributed by atoms with E-state index in [4.69, 9.17) is 0 Å². The van der Waals surface area contributed by atoms with Gasteiger partial charge in [0.1, 0.15) is 5.75 Å². The standard InChI is InChI=1S/C11H11NO/c13-11-6-2-1-5-10(11)9-12-7-3-4-8-12/h1-8,13H,9H2. The fourth-order valence-corrected chi connectivity index (χ4v) is 1.32. The van der Waals surface area contributed by atoms with Crippen LogP contribution >= 0.6 is 0 Å². The van der Waals surface area contributed by atoms with Gasteiger partial charge in [0.15, 0.2) is 0 Å². The molecular formula is C11H11NO. The van der Waals surface area contributed by atoms with Gasteiger partial charge in [0.25, 0.3) is 0 Å². The molecule has 2 heteroatoms. The van der Waals surface area contributed by atoms with Crippen molar-refractivity contribution < 1.29 is 5.11 Å². The molecule has 2 aromatic rings. The summed E-state index contributed by atoms with van der Waals surface area (Å²) in [7, 11) is 0. The Morgan fingerprint density at radius 1 is 1.00 bits per heavy atom. The van der Waals surface area contributed by atoms with Gasteiger partial charge in [-0.25, -0.2) is 0 Å². The number of nitrogens with zero attached hydrogens (tertiary/aromatic N) is 1. The summed E-state index contributed by atoms with van der Waals surface area (Å²) < 4.78 is 2.02. The van der Waals surface area contributed by atoms with Gasteiger partial charge < -0.3 is 9.67 Å². The quantitative estimate of drug-likeness (QED) is 0.740. The van der Waals surface area contributed by atoms with E-state index in [1.165, 1.54) is 0 Å². The first-order valence-corrected chi connectivity index (χ1v) is 4.24. The summed E-state index contributed by atoms with van der Waals surface area (Å²) in [6, 6.07) is 11.3. The third-order valence-corrected chi connectivity index (χ3v) is 2.01. The summed E-state index contributed by atoms with van der Waals surface area (Å²) in [5.74, 6) is 0.358. The van der Waals surface area contributed by atoms with E-state index in [1.54, 1.807) is 6.07 Å². The zero-order valence-electron chi connectivity index (χ0n) is 7.22. The highest BCUT2D eigenvalue weighted by Crippen LogP contribution is 2.16. The molecule has 1 heterocycles. The van der Waals surface area contributed by atoms with Crippen molar-refractivity contribution in [2.24, 2.45) is 0 Å². The van der Waals surface area contributed by atoms with E-state index >= 15 is 0 Å². The average molecular weight is 173 g/mol. The first-order valence-electron chi connectivity index (χ1n) is 4.24. The Labute approximate surface area is 77.1 Å². The van der Waals surface area contributed by atoms with E-state index in [1.807, 2.05) is 47.3 Å². The zero-order chi connectivity index (χ0) is 9.10. The zero-order valence-corrected chi connectivity index (χ0v) is 7.22. The van der Waals surface area contributed by atoms with Crippen molar-refractivity contribution in [2.45, 2.75) is 6.54 Å². The lowest BCUT2D eigenvalue weighted by Gasteiger charge is -2.04. The van der Waals surface area contributed by atoms with Gasteiger partial charge in [-0.05, 0) is 18.2 Å². The van der Waals surface area contributed by atoms with Gasteiger partial charge in [-0.2, -0.15) is 0 Å². The number of para-hydroxylation sites is 1. The first-order chi connectivity index (χ1) is 6.36. The Balaban J connectivity index is 2.24. The molecule has 0 amide bonds. The molecule has 0 bridgehead atoms. The Kier molecular flexibility index (Phi) is 2.04. The van der Waals surface area contributed by atoms with E-state index < -0.39 is 0 Å². The number of hydrogen-bond donors (Lipinski definition) is 1. The molecule has 0 aliphatic rings. The van der Waals surface area contributed by atoms with Gasteiger partial charge in [0, 0.05) is 18.0 Å². The van der Waals surface area contributed by atoms with Crippen molar-refractivity contribution in [2.75, 3.05) is 0 Å². The lowest BCUT2D eigenvalue weighted by molar-refractivity contribution is 0.466. The molecule has 66 valence electrons. The molecule has 0 saturated heterocycles. The molecule has 0 atom stereocenters. The smallest absolute Gasteiger partial charge is 0.120 e. The molecular weight excluding hydrogens is 162 g/mol. The predicted molar refractivity (Wildman–Crippen MR) is 51.6 cm³/mol. The topological polar surface area (TPSA) is 25.2 Å². The molecule has 0 saturated carbocycles. The first kappa shape index (κ1) is 7.92. The van der Waals surface area contributed by atoms with Crippen molar-refractivity contribution >= 4 is 0 Å². The maximum atomic E-state index is 9.50. The third kappa shape index (κ3) is 1.72. The number of phenols is 1. The molecule has 2 rings (SSSR count). The minimum atomic E-state index is 0.358. The monoisotopic (exact) mass is 173 g/mol. The van der Waals surface area contributed by atoms with Crippen LogP contribution in [0.15, 0.2) is 48.8 Å². The molecule has 0 unspecified atom stereocenters. The maximum absolute atomic E-state index is 9.50. The number of phenolic OH excluding ortho intramolecular Hbond substituents is 1. The summed E-state index contributed by atoms with van der Waals surface area (Å²) >= 11 is 0. The Morgan fingerprint density at radius 3 is 2.38 bits per heavy atom. The summed E-state index contributed by atoms with van der Waals surface area (Å²) in [6.45, 7) is 0.722. The summed E-state index contributed by atoms with van der Waals surface area (Å²) in [5, 5.41) is 9.50. The lowest BCUT2D eigenvalue weighted by Crippen LogP contribution is -1.95. The van der Waals surface area contributed by atoms with Crippen molar-refractivity contribution in [3.05, 3.63) is 54.4 Å². The molecule has 0 radical (unpaired) electrons. The molecule has 1 aromatic carbocycles. The highest BCUT2D eigenvalue weighted by molar-refractivity contribution is 5.31. The van der Waals surface area contributed by atoms with Crippen LogP contribution < -0.4 is 0 Å². The predicted octanol–water partition coefficient (Wildman–Crippen LogP) is 2.24. The van der Waals surface area contributed by atoms with Gasteiger partial charge >= 0.3 is 0 Å². The Bertz CT molecular complexity index is 379. The average Bonchev–Trinajstić information content (AvgIpc) is 2.61. The Morgan fingerprint density at radius 2 is 1.69 bits per heavy atom. The van der Waals surface area contributed by atoms with E-state index in [0.717, 1.165) is 12.1 Å². The molecule has 0 aliphatic carbocycles. The van der Waals surface area contributed by atoms with Gasteiger partial charge in [-0.3, -0.25) is 0 Å². The fraction of sp³-hybridized carbons (Fsp3) is 0.0909. The molecule has 0 spiro atoms. The minimum Gasteiger partial charge on any atom is -0.508 e. The van der Waals surface area contributed by atoms with E-state index in [0.29, 0.717) is 5.75 Å². The number of hydrogen-bond acceptors (Lipinski definition) is 1. The van der Waals surface area contributed by atoms with Crippen LogP contribution in [-0.2, 0) is 6.54 Å². The maximum Gasteiger partial charge on any atom is 0.120 e. The van der Waals surface area contributed by atoms with Crippen molar-refractivity contribution in [3.8, 4) is 5.75 Å². The third-order valence-electron chi connectivity index (χ3n) is 2.01. The second kappa shape index (κ2) is 3.35. The number of aromatic nitrogens is 1. The van der Waals surface area contributed by atoms with Crippen LogP contribution in [0.4, 0.5) is 0 Å². The van der Waals surface area contributed by atoms with E-state index in [9.17, 15) is 5.11 Å². The fourth-order valence-electron chi connectivity index (χ4n) is 1.32. The SMILES string of the molecule is Oc1ccccc1Cn1cccc1. The number of aromatic hydroxyl groups is 1. The summed E-state index contributed by atoms with van der Waals surface area (Å²) in [6.07, 6.45) is 3.96. The van der Waals surface area contributed by atoms with Crippen LogP contribution in [0.1, 0.15) is 5.56 Å². The molecule has 0 aliphatic heterocycles. The molecule has 2 nitrogen and oxygen atoms in total. The second-order valence-corrected chi connectivity index (χ2v) is 2.98. The van der Waals surface area contributed by atoms with Crippen LogP contribution in [0.25, 0.3) is 0 Å². The Hall–Kier alpha value is -1.70. The number of benzene rings is 1. The van der Waals surface area contributed by atoms with Crippen molar-refractivity contribution in [3.63, 3.8) is 0 Å². The normalized spacial score (nSPS) is 10.2. The molecule has 1 N–H and O–H groups in total. The molecule has 1 aromatic heterocycles.